The SMILES string of the molecule is NCCCCCC(=O)c1ccsc1. The molecular formula is C10H15NOS. The molecule has 0 saturated heterocycles. The molecule has 0 atom stereocenters. The van der Waals surface area contributed by atoms with Crippen molar-refractivity contribution in [2.75, 3.05) is 6.54 Å². The van der Waals surface area contributed by atoms with Crippen LogP contribution in [0.1, 0.15) is 36.0 Å². The number of ketones is 1. The lowest BCUT2D eigenvalue weighted by Crippen LogP contribution is -2.00. The van der Waals surface area contributed by atoms with Crippen LogP contribution < -0.4 is 5.73 Å². The first kappa shape index (κ1) is 10.4. The zero-order chi connectivity index (χ0) is 9.52. The van der Waals surface area contributed by atoms with Crippen LogP contribution in [0, 0.1) is 0 Å². The molecule has 0 aliphatic carbocycles. The smallest absolute Gasteiger partial charge is 0.163 e. The fourth-order valence-corrected chi connectivity index (χ4v) is 1.83. The predicted molar refractivity (Wildman–Crippen MR) is 56.2 cm³/mol. The molecule has 1 heterocycles. The number of rotatable bonds is 6. The Labute approximate surface area is 82.8 Å². The van der Waals surface area contributed by atoms with Gasteiger partial charge in [0, 0.05) is 17.4 Å². The average Bonchev–Trinajstić information content (AvgIpc) is 2.65. The Balaban J connectivity index is 2.19. The number of hydrogen-bond acceptors (Lipinski definition) is 3. The lowest BCUT2D eigenvalue weighted by Gasteiger charge is -1.97. The third-order valence-corrected chi connectivity index (χ3v) is 2.63. The predicted octanol–water partition coefficient (Wildman–Crippen LogP) is 2.45. The van der Waals surface area contributed by atoms with Crippen molar-refractivity contribution in [1.29, 1.82) is 0 Å². The molecule has 0 unspecified atom stereocenters. The number of unbranched alkanes of at least 4 members (excludes halogenated alkanes) is 2. The fraction of sp³-hybridized carbons (Fsp3) is 0.500. The monoisotopic (exact) mass is 197 g/mol. The highest BCUT2D eigenvalue weighted by Gasteiger charge is 2.04. The Morgan fingerprint density at radius 3 is 2.85 bits per heavy atom. The maximum Gasteiger partial charge on any atom is 0.163 e. The van der Waals surface area contributed by atoms with Crippen molar-refractivity contribution >= 4 is 17.1 Å². The number of thiophene rings is 1. The van der Waals surface area contributed by atoms with Crippen LogP contribution in [0.25, 0.3) is 0 Å². The van der Waals surface area contributed by atoms with Crippen molar-refractivity contribution in [3.05, 3.63) is 22.4 Å². The topological polar surface area (TPSA) is 43.1 Å². The van der Waals surface area contributed by atoms with E-state index in [2.05, 4.69) is 0 Å². The van der Waals surface area contributed by atoms with E-state index in [1.807, 2.05) is 16.8 Å². The quantitative estimate of drug-likeness (QED) is 0.562. The highest BCUT2D eigenvalue weighted by atomic mass is 32.1. The Morgan fingerprint density at radius 1 is 1.38 bits per heavy atom. The normalized spacial score (nSPS) is 10.2. The summed E-state index contributed by atoms with van der Waals surface area (Å²) in [6, 6.07) is 1.88. The minimum absolute atomic E-state index is 0.262. The van der Waals surface area contributed by atoms with Gasteiger partial charge in [-0.2, -0.15) is 11.3 Å². The van der Waals surface area contributed by atoms with E-state index < -0.39 is 0 Å². The van der Waals surface area contributed by atoms with Gasteiger partial charge in [0.05, 0.1) is 0 Å². The van der Waals surface area contributed by atoms with Gasteiger partial charge in [-0.05, 0) is 30.8 Å². The van der Waals surface area contributed by atoms with Gasteiger partial charge in [0.15, 0.2) is 5.78 Å². The summed E-state index contributed by atoms with van der Waals surface area (Å²) in [5.74, 6) is 0.262. The van der Waals surface area contributed by atoms with Crippen LogP contribution in [0.4, 0.5) is 0 Å². The summed E-state index contributed by atoms with van der Waals surface area (Å²) in [5.41, 5.74) is 6.22. The molecule has 1 rings (SSSR count). The molecule has 0 fully saturated rings. The summed E-state index contributed by atoms with van der Waals surface area (Å²) < 4.78 is 0. The standard InChI is InChI=1S/C10H15NOS/c11-6-3-1-2-4-10(12)9-5-7-13-8-9/h5,7-8H,1-4,6,11H2. The van der Waals surface area contributed by atoms with E-state index in [4.69, 9.17) is 5.73 Å². The van der Waals surface area contributed by atoms with Crippen LogP contribution in [-0.4, -0.2) is 12.3 Å². The second-order valence-corrected chi connectivity index (χ2v) is 3.81. The molecule has 2 N–H and O–H groups in total. The molecule has 0 spiro atoms. The molecule has 0 radical (unpaired) electrons. The molecule has 0 aromatic carbocycles. The maximum atomic E-state index is 11.4. The average molecular weight is 197 g/mol. The van der Waals surface area contributed by atoms with Crippen LogP contribution in [0.3, 0.4) is 0 Å². The van der Waals surface area contributed by atoms with E-state index in [9.17, 15) is 4.79 Å². The number of Topliss-reactive ketones (excluding diaryl/α,β-unsaturated/α-hetero) is 1. The second kappa shape index (κ2) is 5.89. The Kier molecular flexibility index (Phi) is 4.72. The van der Waals surface area contributed by atoms with Crippen molar-refractivity contribution in [3.63, 3.8) is 0 Å². The van der Waals surface area contributed by atoms with Crippen LogP contribution in [-0.2, 0) is 0 Å². The van der Waals surface area contributed by atoms with Gasteiger partial charge in [0.2, 0.25) is 0 Å². The van der Waals surface area contributed by atoms with E-state index >= 15 is 0 Å². The van der Waals surface area contributed by atoms with Gasteiger partial charge < -0.3 is 5.73 Å². The summed E-state index contributed by atoms with van der Waals surface area (Å²) in [6.07, 6.45) is 3.71. The van der Waals surface area contributed by atoms with Crippen molar-refractivity contribution in [2.45, 2.75) is 25.7 Å². The lowest BCUT2D eigenvalue weighted by atomic mass is 10.1. The van der Waals surface area contributed by atoms with Crippen LogP contribution in [0.15, 0.2) is 16.8 Å². The maximum absolute atomic E-state index is 11.4. The molecular weight excluding hydrogens is 182 g/mol. The summed E-state index contributed by atoms with van der Waals surface area (Å²) in [5, 5.41) is 3.85. The minimum Gasteiger partial charge on any atom is -0.330 e. The zero-order valence-electron chi connectivity index (χ0n) is 7.66. The molecule has 0 bridgehead atoms. The molecule has 1 aromatic heterocycles. The Morgan fingerprint density at radius 2 is 2.23 bits per heavy atom. The van der Waals surface area contributed by atoms with Gasteiger partial charge in [-0.25, -0.2) is 0 Å². The summed E-state index contributed by atoms with van der Waals surface area (Å²) >= 11 is 1.57. The molecule has 13 heavy (non-hydrogen) atoms. The van der Waals surface area contributed by atoms with Crippen LogP contribution in [0.2, 0.25) is 0 Å². The first-order chi connectivity index (χ1) is 6.34. The molecule has 72 valence electrons. The molecule has 3 heteroatoms. The molecule has 1 aromatic rings. The van der Waals surface area contributed by atoms with Crippen molar-refractivity contribution in [1.82, 2.24) is 0 Å². The first-order valence-corrected chi connectivity index (χ1v) is 5.54. The second-order valence-electron chi connectivity index (χ2n) is 3.03. The van der Waals surface area contributed by atoms with Gasteiger partial charge in [-0.15, -0.1) is 0 Å². The van der Waals surface area contributed by atoms with Gasteiger partial charge in [-0.3, -0.25) is 4.79 Å². The molecule has 2 nitrogen and oxygen atoms in total. The highest BCUT2D eigenvalue weighted by molar-refractivity contribution is 7.08. The van der Waals surface area contributed by atoms with E-state index in [0.717, 1.165) is 31.4 Å². The zero-order valence-corrected chi connectivity index (χ0v) is 8.48. The number of hydrogen-bond donors (Lipinski definition) is 1. The summed E-state index contributed by atoms with van der Waals surface area (Å²) in [4.78, 5) is 11.4. The largest absolute Gasteiger partial charge is 0.330 e. The van der Waals surface area contributed by atoms with Gasteiger partial charge in [0.1, 0.15) is 0 Å². The molecule has 0 aliphatic rings. The summed E-state index contributed by atoms with van der Waals surface area (Å²) in [7, 11) is 0. The summed E-state index contributed by atoms with van der Waals surface area (Å²) in [6.45, 7) is 0.729. The van der Waals surface area contributed by atoms with E-state index in [1.165, 1.54) is 0 Å². The van der Waals surface area contributed by atoms with Crippen molar-refractivity contribution in [3.8, 4) is 0 Å². The molecule has 0 saturated carbocycles. The Bertz CT molecular complexity index is 243. The van der Waals surface area contributed by atoms with Crippen LogP contribution >= 0.6 is 11.3 Å². The van der Waals surface area contributed by atoms with Gasteiger partial charge in [-0.1, -0.05) is 6.42 Å². The molecule has 0 amide bonds. The number of carbonyl (C=O) groups is 1. The van der Waals surface area contributed by atoms with Crippen molar-refractivity contribution in [2.24, 2.45) is 5.73 Å². The number of carbonyl (C=O) groups excluding carboxylic acids is 1. The molecule has 0 aliphatic heterocycles. The lowest BCUT2D eigenvalue weighted by molar-refractivity contribution is 0.0979. The number of nitrogens with two attached hydrogens (primary N) is 1. The van der Waals surface area contributed by atoms with Crippen molar-refractivity contribution < 1.29 is 4.79 Å². The fourth-order valence-electron chi connectivity index (χ4n) is 1.17. The Hall–Kier alpha value is -0.670. The van der Waals surface area contributed by atoms with Gasteiger partial charge in [0.25, 0.3) is 0 Å². The third-order valence-electron chi connectivity index (χ3n) is 1.95. The highest BCUT2D eigenvalue weighted by Crippen LogP contribution is 2.11. The third kappa shape index (κ3) is 3.70. The minimum atomic E-state index is 0.262. The van der Waals surface area contributed by atoms with Crippen LogP contribution in [0.5, 0.6) is 0 Å². The van der Waals surface area contributed by atoms with E-state index in [-0.39, 0.29) is 5.78 Å². The van der Waals surface area contributed by atoms with E-state index in [1.54, 1.807) is 11.3 Å². The van der Waals surface area contributed by atoms with Gasteiger partial charge >= 0.3 is 0 Å². The first-order valence-electron chi connectivity index (χ1n) is 4.60. The van der Waals surface area contributed by atoms with E-state index in [0.29, 0.717) is 6.42 Å².